The zero-order chi connectivity index (χ0) is 15.8. The van der Waals surface area contributed by atoms with Crippen molar-refractivity contribution in [2.45, 2.75) is 6.42 Å². The fraction of sp³-hybridized carbons (Fsp3) is 0.235. The zero-order valence-corrected chi connectivity index (χ0v) is 13.2. The lowest BCUT2D eigenvalue weighted by atomic mass is 10.1. The van der Waals surface area contributed by atoms with Gasteiger partial charge in [-0.2, -0.15) is 0 Å². The molecule has 0 spiro atoms. The summed E-state index contributed by atoms with van der Waals surface area (Å²) in [6, 6.07) is 14.9. The lowest BCUT2D eigenvalue weighted by Crippen LogP contribution is -2.29. The number of halogens is 1. The van der Waals surface area contributed by atoms with Gasteiger partial charge in [0.15, 0.2) is 0 Å². The number of anilines is 1. The van der Waals surface area contributed by atoms with Crippen LogP contribution in [-0.2, 0) is 11.2 Å². The molecule has 0 aliphatic heterocycles. The van der Waals surface area contributed by atoms with Crippen LogP contribution in [0.5, 0.6) is 5.75 Å². The van der Waals surface area contributed by atoms with E-state index in [1.165, 1.54) is 5.56 Å². The number of methoxy groups -OCH3 is 1. The highest BCUT2D eigenvalue weighted by atomic mass is 35.5. The number of nitrogens with one attached hydrogen (secondary N) is 2. The van der Waals surface area contributed by atoms with Crippen molar-refractivity contribution < 1.29 is 9.53 Å². The van der Waals surface area contributed by atoms with Crippen molar-refractivity contribution in [3.05, 3.63) is 59.1 Å². The largest absolute Gasteiger partial charge is 0.497 e. The van der Waals surface area contributed by atoms with Gasteiger partial charge in [-0.1, -0.05) is 23.7 Å². The Kier molecular flexibility index (Phi) is 6.25. The van der Waals surface area contributed by atoms with Gasteiger partial charge >= 0.3 is 0 Å². The molecule has 0 saturated carbocycles. The van der Waals surface area contributed by atoms with Gasteiger partial charge in [-0.25, -0.2) is 0 Å². The first-order valence-corrected chi connectivity index (χ1v) is 7.44. The van der Waals surface area contributed by atoms with Gasteiger partial charge in [0.1, 0.15) is 5.75 Å². The quantitative estimate of drug-likeness (QED) is 0.771. The zero-order valence-electron chi connectivity index (χ0n) is 12.4. The van der Waals surface area contributed by atoms with Crippen LogP contribution in [-0.4, -0.2) is 26.1 Å². The molecule has 116 valence electrons. The highest BCUT2D eigenvalue weighted by Crippen LogP contribution is 2.13. The van der Waals surface area contributed by atoms with Crippen LogP contribution in [0, 0.1) is 0 Å². The number of carbonyl (C=O) groups excluding carboxylic acids is 1. The molecule has 0 aromatic heterocycles. The van der Waals surface area contributed by atoms with E-state index in [-0.39, 0.29) is 12.5 Å². The summed E-state index contributed by atoms with van der Waals surface area (Å²) in [6.45, 7) is 1.01. The monoisotopic (exact) mass is 318 g/mol. The van der Waals surface area contributed by atoms with Crippen LogP contribution < -0.4 is 15.4 Å². The molecule has 0 atom stereocenters. The number of rotatable bonds is 7. The second kappa shape index (κ2) is 8.41. The summed E-state index contributed by atoms with van der Waals surface area (Å²) in [7, 11) is 1.65. The molecule has 2 rings (SSSR count). The topological polar surface area (TPSA) is 50.4 Å². The summed E-state index contributed by atoms with van der Waals surface area (Å²) in [4.78, 5) is 11.8. The number of ether oxygens (including phenoxy) is 1. The fourth-order valence-corrected chi connectivity index (χ4v) is 2.09. The van der Waals surface area contributed by atoms with Gasteiger partial charge in [-0.05, 0) is 54.9 Å². The molecule has 0 fully saturated rings. The second-order valence-corrected chi connectivity index (χ2v) is 5.27. The van der Waals surface area contributed by atoms with E-state index < -0.39 is 0 Å². The maximum atomic E-state index is 11.8. The number of benzene rings is 2. The van der Waals surface area contributed by atoms with Crippen LogP contribution >= 0.6 is 11.6 Å². The number of amides is 1. The Bertz CT molecular complexity index is 597. The average Bonchev–Trinajstić information content (AvgIpc) is 2.54. The summed E-state index contributed by atoms with van der Waals surface area (Å²) < 4.78 is 5.11. The minimum absolute atomic E-state index is 0.0722. The van der Waals surface area contributed by atoms with Crippen LogP contribution in [0.3, 0.4) is 0 Å². The van der Waals surface area contributed by atoms with E-state index in [0.29, 0.717) is 5.02 Å². The van der Waals surface area contributed by atoms with Gasteiger partial charge in [0.25, 0.3) is 0 Å². The van der Waals surface area contributed by atoms with E-state index in [1.807, 2.05) is 24.3 Å². The third kappa shape index (κ3) is 5.39. The van der Waals surface area contributed by atoms with Gasteiger partial charge in [0.05, 0.1) is 13.7 Å². The normalized spacial score (nSPS) is 10.3. The first kappa shape index (κ1) is 16.3. The molecule has 5 heteroatoms. The van der Waals surface area contributed by atoms with Crippen LogP contribution in [0.4, 0.5) is 5.69 Å². The first-order valence-electron chi connectivity index (χ1n) is 7.06. The highest BCUT2D eigenvalue weighted by molar-refractivity contribution is 6.30. The predicted octanol–water partition coefficient (Wildman–Crippen LogP) is 3.12. The van der Waals surface area contributed by atoms with E-state index in [2.05, 4.69) is 10.6 Å². The molecule has 0 unspecified atom stereocenters. The van der Waals surface area contributed by atoms with E-state index in [9.17, 15) is 4.79 Å². The molecule has 2 aromatic carbocycles. The summed E-state index contributed by atoms with van der Waals surface area (Å²) in [6.07, 6.45) is 0.859. The SMILES string of the molecule is COc1ccc(CCNCC(=O)Nc2ccc(Cl)cc2)cc1. The molecule has 2 aromatic rings. The number of hydrogen-bond donors (Lipinski definition) is 2. The third-order valence-electron chi connectivity index (χ3n) is 3.16. The van der Waals surface area contributed by atoms with Crippen LogP contribution in [0.25, 0.3) is 0 Å². The third-order valence-corrected chi connectivity index (χ3v) is 3.42. The molecular weight excluding hydrogens is 300 g/mol. The summed E-state index contributed by atoms with van der Waals surface area (Å²) in [5.74, 6) is 0.774. The molecule has 0 bridgehead atoms. The van der Waals surface area contributed by atoms with Crippen LogP contribution in [0.2, 0.25) is 5.02 Å². The van der Waals surface area contributed by atoms with Crippen molar-refractivity contribution in [2.75, 3.05) is 25.5 Å². The predicted molar refractivity (Wildman–Crippen MR) is 89.6 cm³/mol. The Balaban J connectivity index is 1.67. The number of hydrogen-bond acceptors (Lipinski definition) is 3. The van der Waals surface area contributed by atoms with E-state index in [0.717, 1.165) is 24.4 Å². The van der Waals surface area contributed by atoms with Gasteiger partial charge in [0.2, 0.25) is 5.91 Å². The molecule has 0 aliphatic rings. The maximum Gasteiger partial charge on any atom is 0.238 e. The lowest BCUT2D eigenvalue weighted by Gasteiger charge is -2.07. The van der Waals surface area contributed by atoms with Gasteiger partial charge in [0, 0.05) is 10.7 Å². The Morgan fingerprint density at radius 3 is 2.41 bits per heavy atom. The molecule has 0 radical (unpaired) electrons. The molecule has 2 N–H and O–H groups in total. The van der Waals surface area contributed by atoms with E-state index in [1.54, 1.807) is 31.4 Å². The van der Waals surface area contributed by atoms with Crippen molar-refractivity contribution in [3.8, 4) is 5.75 Å². The minimum Gasteiger partial charge on any atom is -0.497 e. The van der Waals surface area contributed by atoms with Crippen molar-refractivity contribution in [1.29, 1.82) is 0 Å². The average molecular weight is 319 g/mol. The lowest BCUT2D eigenvalue weighted by molar-refractivity contribution is -0.115. The summed E-state index contributed by atoms with van der Waals surface area (Å²) in [5.41, 5.74) is 1.94. The molecule has 4 nitrogen and oxygen atoms in total. The molecule has 22 heavy (non-hydrogen) atoms. The minimum atomic E-state index is -0.0722. The Labute approximate surface area is 135 Å². The second-order valence-electron chi connectivity index (χ2n) is 4.83. The van der Waals surface area contributed by atoms with Crippen molar-refractivity contribution >= 4 is 23.2 Å². The van der Waals surface area contributed by atoms with E-state index in [4.69, 9.17) is 16.3 Å². The summed E-state index contributed by atoms with van der Waals surface area (Å²) in [5, 5.41) is 6.58. The van der Waals surface area contributed by atoms with Crippen molar-refractivity contribution in [2.24, 2.45) is 0 Å². The van der Waals surface area contributed by atoms with Gasteiger partial charge in [-0.3, -0.25) is 4.79 Å². The Morgan fingerprint density at radius 2 is 1.77 bits per heavy atom. The molecule has 0 saturated heterocycles. The molecule has 0 aliphatic carbocycles. The molecule has 0 heterocycles. The molecular formula is C17H19ClN2O2. The summed E-state index contributed by atoms with van der Waals surface area (Å²) >= 11 is 5.79. The van der Waals surface area contributed by atoms with Crippen LogP contribution in [0.1, 0.15) is 5.56 Å². The molecule has 1 amide bonds. The number of carbonyl (C=O) groups is 1. The van der Waals surface area contributed by atoms with Crippen LogP contribution in [0.15, 0.2) is 48.5 Å². The van der Waals surface area contributed by atoms with Gasteiger partial charge < -0.3 is 15.4 Å². The van der Waals surface area contributed by atoms with Crippen molar-refractivity contribution in [1.82, 2.24) is 5.32 Å². The Hall–Kier alpha value is -2.04. The van der Waals surface area contributed by atoms with Crippen molar-refractivity contribution in [3.63, 3.8) is 0 Å². The smallest absolute Gasteiger partial charge is 0.238 e. The van der Waals surface area contributed by atoms with E-state index >= 15 is 0 Å². The standard InChI is InChI=1S/C17H19ClN2O2/c1-22-16-8-2-13(3-9-16)10-11-19-12-17(21)20-15-6-4-14(18)5-7-15/h2-9,19H,10-12H2,1H3,(H,20,21). The fourth-order valence-electron chi connectivity index (χ4n) is 1.97. The first-order chi connectivity index (χ1) is 10.7. The highest BCUT2D eigenvalue weighted by Gasteiger charge is 2.02. The van der Waals surface area contributed by atoms with Gasteiger partial charge in [-0.15, -0.1) is 0 Å². The maximum absolute atomic E-state index is 11.8. The Morgan fingerprint density at radius 1 is 1.09 bits per heavy atom.